The van der Waals surface area contributed by atoms with Crippen molar-refractivity contribution in [3.8, 4) is 0 Å². The molecule has 0 amide bonds. The Morgan fingerprint density at radius 3 is 2.62 bits per heavy atom. The van der Waals surface area contributed by atoms with Gasteiger partial charge in [0, 0.05) is 13.6 Å². The van der Waals surface area contributed by atoms with Crippen LogP contribution in [0.15, 0.2) is 24.3 Å². The number of unbranched alkanes of at least 4 members (excludes halogenated alkanes) is 1. The maximum atomic E-state index is 12.2. The van der Waals surface area contributed by atoms with E-state index in [1.165, 1.54) is 4.31 Å². The van der Waals surface area contributed by atoms with E-state index in [1.54, 1.807) is 7.05 Å². The molecule has 1 rings (SSSR count). The van der Waals surface area contributed by atoms with Gasteiger partial charge in [0.05, 0.1) is 5.75 Å². The molecule has 0 saturated heterocycles. The van der Waals surface area contributed by atoms with Crippen molar-refractivity contribution in [1.29, 1.82) is 0 Å². The zero-order valence-electron chi connectivity index (χ0n) is 13.4. The smallest absolute Gasteiger partial charge is 0.214 e. The second-order valence-electron chi connectivity index (χ2n) is 5.52. The molecule has 5 heteroatoms. The van der Waals surface area contributed by atoms with Crippen LogP contribution in [0.5, 0.6) is 0 Å². The lowest BCUT2D eigenvalue weighted by Gasteiger charge is -2.17. The fraction of sp³-hybridized carbons (Fsp3) is 0.625. The summed E-state index contributed by atoms with van der Waals surface area (Å²) in [7, 11) is -1.50. The average molecular weight is 312 g/mol. The first-order valence-electron chi connectivity index (χ1n) is 7.66. The van der Waals surface area contributed by atoms with Gasteiger partial charge in [-0.1, -0.05) is 36.8 Å². The zero-order valence-corrected chi connectivity index (χ0v) is 14.2. The Morgan fingerprint density at radius 1 is 1.19 bits per heavy atom. The highest BCUT2D eigenvalue weighted by Crippen LogP contribution is 2.10. The molecule has 0 atom stereocenters. The molecule has 0 bridgehead atoms. The third-order valence-electron chi connectivity index (χ3n) is 3.40. The highest BCUT2D eigenvalue weighted by molar-refractivity contribution is 7.89. The first kappa shape index (κ1) is 18.1. The van der Waals surface area contributed by atoms with Gasteiger partial charge in [0.25, 0.3) is 0 Å². The third-order valence-corrected chi connectivity index (χ3v) is 5.28. The van der Waals surface area contributed by atoms with E-state index < -0.39 is 10.0 Å². The van der Waals surface area contributed by atoms with Gasteiger partial charge >= 0.3 is 0 Å². The van der Waals surface area contributed by atoms with E-state index in [2.05, 4.69) is 12.2 Å². The highest BCUT2D eigenvalue weighted by Gasteiger charge is 2.17. The van der Waals surface area contributed by atoms with Crippen molar-refractivity contribution in [1.82, 2.24) is 9.62 Å². The molecule has 0 aromatic heterocycles. The summed E-state index contributed by atoms with van der Waals surface area (Å²) in [6.07, 6.45) is 2.71. The van der Waals surface area contributed by atoms with E-state index in [1.807, 2.05) is 31.2 Å². The first-order valence-corrected chi connectivity index (χ1v) is 9.27. The minimum absolute atomic E-state index is 0.225. The molecular formula is C16H28N2O2S. The molecule has 4 nitrogen and oxygen atoms in total. The van der Waals surface area contributed by atoms with E-state index in [9.17, 15) is 8.42 Å². The molecule has 0 radical (unpaired) electrons. The fourth-order valence-corrected chi connectivity index (χ4v) is 3.38. The molecule has 0 aliphatic heterocycles. The number of aryl methyl sites for hydroxylation is 1. The molecule has 0 spiro atoms. The molecular weight excluding hydrogens is 284 g/mol. The Labute approximate surface area is 129 Å². The molecule has 1 N–H and O–H groups in total. The van der Waals surface area contributed by atoms with Crippen LogP contribution in [0.4, 0.5) is 0 Å². The molecule has 120 valence electrons. The van der Waals surface area contributed by atoms with E-state index in [-0.39, 0.29) is 5.75 Å². The summed E-state index contributed by atoms with van der Waals surface area (Å²) in [5, 5.41) is 3.29. The van der Waals surface area contributed by atoms with Crippen LogP contribution < -0.4 is 5.32 Å². The molecule has 1 aromatic carbocycles. The third kappa shape index (κ3) is 7.07. The van der Waals surface area contributed by atoms with Gasteiger partial charge in [-0.05, 0) is 44.8 Å². The number of hydrogen-bond acceptors (Lipinski definition) is 3. The van der Waals surface area contributed by atoms with Crippen molar-refractivity contribution in [2.75, 3.05) is 25.9 Å². The molecule has 0 unspecified atom stereocenters. The van der Waals surface area contributed by atoms with Crippen LogP contribution >= 0.6 is 0 Å². The van der Waals surface area contributed by atoms with Crippen molar-refractivity contribution >= 4 is 10.0 Å². The van der Waals surface area contributed by atoms with Crippen LogP contribution in [0.1, 0.15) is 37.3 Å². The van der Waals surface area contributed by atoms with Gasteiger partial charge in [0.2, 0.25) is 10.0 Å². The van der Waals surface area contributed by atoms with Crippen LogP contribution in [0.2, 0.25) is 0 Å². The Morgan fingerprint density at radius 2 is 1.95 bits per heavy atom. The summed E-state index contributed by atoms with van der Waals surface area (Å²) in [6.45, 7) is 6.47. The van der Waals surface area contributed by atoms with Crippen molar-refractivity contribution < 1.29 is 8.42 Å². The van der Waals surface area contributed by atoms with E-state index in [4.69, 9.17) is 0 Å². The van der Waals surface area contributed by atoms with Crippen LogP contribution in [-0.4, -0.2) is 38.6 Å². The number of nitrogens with one attached hydrogen (secondary N) is 1. The topological polar surface area (TPSA) is 49.4 Å². The summed E-state index contributed by atoms with van der Waals surface area (Å²) in [4.78, 5) is 0. The second-order valence-corrected chi connectivity index (χ2v) is 7.71. The Bertz CT molecular complexity index is 515. The predicted octanol–water partition coefficient (Wildman–Crippen LogP) is 2.54. The summed E-state index contributed by atoms with van der Waals surface area (Å²) < 4.78 is 25.9. The SMILES string of the molecule is CCCNCCCCS(=O)(=O)N(C)Cc1cccc(C)c1. The highest BCUT2D eigenvalue weighted by atomic mass is 32.2. The Hall–Kier alpha value is -0.910. The first-order chi connectivity index (χ1) is 9.95. The maximum Gasteiger partial charge on any atom is 0.214 e. The van der Waals surface area contributed by atoms with E-state index in [0.29, 0.717) is 13.0 Å². The van der Waals surface area contributed by atoms with Gasteiger partial charge in [-0.15, -0.1) is 0 Å². The summed E-state index contributed by atoms with van der Waals surface area (Å²) in [5.74, 6) is 0.225. The molecule has 21 heavy (non-hydrogen) atoms. The lowest BCUT2D eigenvalue weighted by Crippen LogP contribution is -2.29. The van der Waals surface area contributed by atoms with E-state index in [0.717, 1.165) is 37.1 Å². The van der Waals surface area contributed by atoms with Gasteiger partial charge in [-0.3, -0.25) is 0 Å². The summed E-state index contributed by atoms with van der Waals surface area (Å²) >= 11 is 0. The number of nitrogens with zero attached hydrogens (tertiary/aromatic N) is 1. The van der Waals surface area contributed by atoms with Gasteiger partial charge in [0.15, 0.2) is 0 Å². The van der Waals surface area contributed by atoms with Gasteiger partial charge < -0.3 is 5.32 Å². The van der Waals surface area contributed by atoms with Crippen molar-refractivity contribution in [3.05, 3.63) is 35.4 Å². The van der Waals surface area contributed by atoms with E-state index >= 15 is 0 Å². The van der Waals surface area contributed by atoms with Crippen LogP contribution in [0, 0.1) is 6.92 Å². The lowest BCUT2D eigenvalue weighted by atomic mass is 10.1. The molecule has 0 heterocycles. The van der Waals surface area contributed by atoms with Crippen molar-refractivity contribution in [2.45, 2.75) is 39.7 Å². The van der Waals surface area contributed by atoms with Gasteiger partial charge in [0.1, 0.15) is 0 Å². The fourth-order valence-electron chi connectivity index (χ4n) is 2.16. The molecule has 0 saturated carbocycles. The Balaban J connectivity index is 2.39. The van der Waals surface area contributed by atoms with Crippen LogP contribution in [0.25, 0.3) is 0 Å². The lowest BCUT2D eigenvalue weighted by molar-refractivity contribution is 0.464. The van der Waals surface area contributed by atoms with Crippen molar-refractivity contribution in [2.24, 2.45) is 0 Å². The molecule has 0 aliphatic rings. The summed E-state index contributed by atoms with van der Waals surface area (Å²) in [6, 6.07) is 7.97. The Kier molecular flexibility index (Phi) is 7.93. The number of benzene rings is 1. The summed E-state index contributed by atoms with van der Waals surface area (Å²) in [5.41, 5.74) is 2.19. The number of hydrogen-bond donors (Lipinski definition) is 1. The molecule has 0 fully saturated rings. The second kappa shape index (κ2) is 9.18. The largest absolute Gasteiger partial charge is 0.317 e. The van der Waals surface area contributed by atoms with Crippen LogP contribution in [-0.2, 0) is 16.6 Å². The molecule has 1 aromatic rings. The normalized spacial score (nSPS) is 12.0. The molecule has 0 aliphatic carbocycles. The minimum atomic E-state index is -3.16. The maximum absolute atomic E-state index is 12.2. The van der Waals surface area contributed by atoms with Crippen molar-refractivity contribution in [3.63, 3.8) is 0 Å². The zero-order chi connectivity index (χ0) is 15.7. The predicted molar refractivity (Wildman–Crippen MR) is 88.8 cm³/mol. The minimum Gasteiger partial charge on any atom is -0.317 e. The standard InChI is InChI=1S/C16H28N2O2S/c1-4-10-17-11-5-6-12-21(19,20)18(3)14-16-9-7-8-15(2)13-16/h7-9,13,17H,4-6,10-12,14H2,1-3H3. The van der Waals surface area contributed by atoms with Gasteiger partial charge in [-0.25, -0.2) is 12.7 Å². The quantitative estimate of drug-likeness (QED) is 0.676. The van der Waals surface area contributed by atoms with Gasteiger partial charge in [-0.2, -0.15) is 0 Å². The number of sulfonamides is 1. The number of rotatable bonds is 10. The van der Waals surface area contributed by atoms with Crippen LogP contribution in [0.3, 0.4) is 0 Å². The average Bonchev–Trinajstić information content (AvgIpc) is 2.42. The monoisotopic (exact) mass is 312 g/mol.